The molecule has 0 aliphatic carbocycles. The Morgan fingerprint density at radius 1 is 0.516 bits per heavy atom. The summed E-state index contributed by atoms with van der Waals surface area (Å²) in [5.74, 6) is 0.897. The number of phenols is 1. The SMILES string of the molecule is Oc1c2cccc1OCCN1CCOCCOCCN(CCOCCOCC1)CCO2. The summed E-state index contributed by atoms with van der Waals surface area (Å²) in [6, 6.07) is 5.34. The second kappa shape index (κ2) is 14.4. The zero-order chi connectivity index (χ0) is 21.6. The first kappa shape index (κ1) is 24.0. The molecule has 1 fully saturated rings. The van der Waals surface area contributed by atoms with Crippen LogP contribution in [0, 0.1) is 0 Å². The molecule has 1 aromatic carbocycles. The van der Waals surface area contributed by atoms with Crippen LogP contribution in [0.4, 0.5) is 0 Å². The molecular weight excluding hydrogens is 404 g/mol. The second-order valence-corrected chi connectivity index (χ2v) is 7.43. The average molecular weight is 441 g/mol. The Morgan fingerprint density at radius 3 is 1.26 bits per heavy atom. The number of benzene rings is 1. The third-order valence-corrected chi connectivity index (χ3v) is 5.24. The Kier molecular flexibility index (Phi) is 11.2. The molecule has 0 aromatic heterocycles. The number of nitrogens with zero attached hydrogens (tertiary/aromatic N) is 2. The summed E-state index contributed by atoms with van der Waals surface area (Å²) in [6.45, 7) is 10.1. The zero-order valence-corrected chi connectivity index (χ0v) is 18.3. The van der Waals surface area contributed by atoms with E-state index in [4.69, 9.17) is 28.4 Å². The van der Waals surface area contributed by atoms with Crippen LogP contribution in [0.1, 0.15) is 0 Å². The van der Waals surface area contributed by atoms with E-state index in [-0.39, 0.29) is 5.75 Å². The second-order valence-electron chi connectivity index (χ2n) is 7.43. The quantitative estimate of drug-likeness (QED) is 0.631. The van der Waals surface area contributed by atoms with Gasteiger partial charge < -0.3 is 33.5 Å². The zero-order valence-electron chi connectivity index (χ0n) is 18.3. The first-order valence-corrected chi connectivity index (χ1v) is 11.2. The Bertz CT molecular complexity index is 551. The van der Waals surface area contributed by atoms with Gasteiger partial charge in [-0.25, -0.2) is 0 Å². The molecule has 0 atom stereocenters. The molecule has 9 heteroatoms. The average Bonchev–Trinajstić information content (AvgIpc) is 2.77. The lowest BCUT2D eigenvalue weighted by Gasteiger charge is -2.23. The van der Waals surface area contributed by atoms with Crippen LogP contribution in [0.5, 0.6) is 17.2 Å². The van der Waals surface area contributed by atoms with Crippen LogP contribution in [0.2, 0.25) is 0 Å². The highest BCUT2D eigenvalue weighted by molar-refractivity contribution is 5.49. The Morgan fingerprint density at radius 2 is 0.871 bits per heavy atom. The van der Waals surface area contributed by atoms with Crippen molar-refractivity contribution < 1.29 is 33.5 Å². The molecule has 3 aliphatic heterocycles. The molecule has 0 unspecified atom stereocenters. The summed E-state index contributed by atoms with van der Waals surface area (Å²) in [6.07, 6.45) is 0. The third kappa shape index (κ3) is 9.18. The van der Waals surface area contributed by atoms with Crippen molar-refractivity contribution in [2.24, 2.45) is 0 Å². The highest BCUT2D eigenvalue weighted by atomic mass is 16.5. The molecule has 3 heterocycles. The van der Waals surface area contributed by atoms with Gasteiger partial charge in [-0.15, -0.1) is 0 Å². The lowest BCUT2D eigenvalue weighted by Crippen LogP contribution is -2.36. The number of phenolic OH excluding ortho intramolecular Hbond substituents is 1. The van der Waals surface area contributed by atoms with Gasteiger partial charge in [0.25, 0.3) is 0 Å². The van der Waals surface area contributed by atoms with E-state index in [0.29, 0.717) is 90.7 Å². The van der Waals surface area contributed by atoms with Gasteiger partial charge in [-0.3, -0.25) is 9.80 Å². The maximum atomic E-state index is 10.5. The molecule has 0 saturated carbocycles. The Labute approximate surface area is 184 Å². The van der Waals surface area contributed by atoms with Gasteiger partial charge in [-0.05, 0) is 12.1 Å². The van der Waals surface area contributed by atoms with Gasteiger partial charge in [-0.1, -0.05) is 6.07 Å². The van der Waals surface area contributed by atoms with Gasteiger partial charge in [0.05, 0.1) is 52.9 Å². The molecule has 1 aromatic rings. The summed E-state index contributed by atoms with van der Waals surface area (Å²) in [5.41, 5.74) is 0. The summed E-state index contributed by atoms with van der Waals surface area (Å²) in [7, 11) is 0. The first-order chi connectivity index (χ1) is 15.3. The van der Waals surface area contributed by atoms with Crippen molar-refractivity contribution >= 4 is 0 Å². The van der Waals surface area contributed by atoms with E-state index in [1.165, 1.54) is 0 Å². The molecular formula is C22H36N2O7. The molecule has 176 valence electrons. The summed E-state index contributed by atoms with van der Waals surface area (Å²) in [5, 5.41) is 10.5. The minimum absolute atomic E-state index is 0.0368. The van der Waals surface area contributed by atoms with Gasteiger partial charge >= 0.3 is 0 Å². The van der Waals surface area contributed by atoms with E-state index < -0.39 is 0 Å². The van der Waals surface area contributed by atoms with Crippen molar-refractivity contribution in [2.75, 3.05) is 105 Å². The fourth-order valence-electron chi connectivity index (χ4n) is 3.39. The molecule has 0 amide bonds. The van der Waals surface area contributed by atoms with E-state index in [1.807, 2.05) is 6.07 Å². The fourth-order valence-corrected chi connectivity index (χ4v) is 3.39. The predicted octanol–water partition coefficient (Wildman–Crippen LogP) is 0.847. The van der Waals surface area contributed by atoms with Gasteiger partial charge in [-0.2, -0.15) is 0 Å². The lowest BCUT2D eigenvalue weighted by atomic mass is 10.3. The number of hydrogen-bond acceptors (Lipinski definition) is 9. The van der Waals surface area contributed by atoms with E-state index in [0.717, 1.165) is 26.2 Å². The van der Waals surface area contributed by atoms with Crippen LogP contribution in [-0.2, 0) is 18.9 Å². The number of para-hydroxylation sites is 1. The third-order valence-electron chi connectivity index (χ3n) is 5.24. The largest absolute Gasteiger partial charge is 0.502 e. The maximum absolute atomic E-state index is 10.5. The van der Waals surface area contributed by atoms with Crippen molar-refractivity contribution in [1.29, 1.82) is 0 Å². The molecule has 0 spiro atoms. The van der Waals surface area contributed by atoms with E-state index in [9.17, 15) is 5.11 Å². The van der Waals surface area contributed by atoms with E-state index >= 15 is 0 Å². The smallest absolute Gasteiger partial charge is 0.200 e. The van der Waals surface area contributed by atoms with E-state index in [1.54, 1.807) is 12.1 Å². The minimum Gasteiger partial charge on any atom is -0.502 e. The van der Waals surface area contributed by atoms with Crippen molar-refractivity contribution in [1.82, 2.24) is 9.80 Å². The number of fused-ring (bicyclic) bond motifs is 18. The lowest BCUT2D eigenvalue weighted by molar-refractivity contribution is 0.00588. The number of rotatable bonds is 0. The molecule has 4 rings (SSSR count). The monoisotopic (exact) mass is 440 g/mol. The van der Waals surface area contributed by atoms with Crippen LogP contribution in [0.15, 0.2) is 18.2 Å². The van der Waals surface area contributed by atoms with Crippen LogP contribution < -0.4 is 9.47 Å². The van der Waals surface area contributed by atoms with Gasteiger partial charge in [0, 0.05) is 39.3 Å². The molecule has 0 radical (unpaired) electrons. The Hall–Kier alpha value is -1.62. The van der Waals surface area contributed by atoms with Crippen LogP contribution in [0.3, 0.4) is 0 Å². The molecule has 9 nitrogen and oxygen atoms in total. The number of hydrogen-bond donors (Lipinski definition) is 1. The minimum atomic E-state index is 0.0368. The fraction of sp³-hybridized carbons (Fsp3) is 0.727. The van der Waals surface area contributed by atoms with Crippen molar-refractivity contribution in [2.45, 2.75) is 0 Å². The predicted molar refractivity (Wildman–Crippen MR) is 115 cm³/mol. The molecule has 1 N–H and O–H groups in total. The van der Waals surface area contributed by atoms with Crippen LogP contribution >= 0.6 is 0 Å². The van der Waals surface area contributed by atoms with Gasteiger partial charge in [0.1, 0.15) is 13.2 Å². The number of ether oxygens (including phenoxy) is 6. The first-order valence-electron chi connectivity index (χ1n) is 11.2. The summed E-state index contributed by atoms with van der Waals surface area (Å²) < 4.78 is 34.6. The summed E-state index contributed by atoms with van der Waals surface area (Å²) >= 11 is 0. The van der Waals surface area contributed by atoms with Crippen LogP contribution in [0.25, 0.3) is 0 Å². The maximum Gasteiger partial charge on any atom is 0.200 e. The van der Waals surface area contributed by atoms with E-state index in [2.05, 4.69) is 9.80 Å². The van der Waals surface area contributed by atoms with Crippen molar-refractivity contribution in [3.05, 3.63) is 18.2 Å². The molecule has 31 heavy (non-hydrogen) atoms. The van der Waals surface area contributed by atoms with Gasteiger partial charge in [0.15, 0.2) is 11.5 Å². The number of aromatic hydroxyl groups is 1. The van der Waals surface area contributed by atoms with Gasteiger partial charge in [0.2, 0.25) is 5.75 Å². The van der Waals surface area contributed by atoms with Crippen molar-refractivity contribution in [3.63, 3.8) is 0 Å². The van der Waals surface area contributed by atoms with Crippen LogP contribution in [-0.4, -0.2) is 120 Å². The highest BCUT2D eigenvalue weighted by Gasteiger charge is 2.13. The standard InChI is InChI=1S/C22H36N2O7/c25-22-20-2-1-3-21(22)31-15-9-24-6-12-28-18-16-26-10-4-23(8-14-30-20)5-11-27-17-19-29-13-7-24/h1-3,25H,4-19H2. The molecule has 1 saturated heterocycles. The molecule has 3 aliphatic rings. The highest BCUT2D eigenvalue weighted by Crippen LogP contribution is 2.35. The van der Waals surface area contributed by atoms with Crippen molar-refractivity contribution in [3.8, 4) is 17.2 Å². The molecule has 4 bridgehead atoms. The Balaban J connectivity index is 1.70. The topological polar surface area (TPSA) is 82.1 Å². The summed E-state index contributed by atoms with van der Waals surface area (Å²) in [4.78, 5) is 4.46. The normalized spacial score (nSPS) is 26.1.